The van der Waals surface area contributed by atoms with Crippen LogP contribution >= 0.6 is 0 Å². The second-order valence-corrected chi connectivity index (χ2v) is 6.46. The van der Waals surface area contributed by atoms with E-state index in [2.05, 4.69) is 0 Å². The molecule has 134 valence electrons. The minimum atomic E-state index is -0.0892. The van der Waals surface area contributed by atoms with E-state index in [0.717, 1.165) is 18.2 Å². The van der Waals surface area contributed by atoms with Gasteiger partial charge in [-0.05, 0) is 31.9 Å². The highest BCUT2D eigenvalue weighted by molar-refractivity contribution is 5.97. The van der Waals surface area contributed by atoms with Gasteiger partial charge in [0.2, 0.25) is 0 Å². The van der Waals surface area contributed by atoms with Crippen LogP contribution < -0.4 is 4.74 Å². The Morgan fingerprint density at radius 1 is 1.36 bits per heavy atom. The molecule has 2 aliphatic rings. The zero-order chi connectivity index (χ0) is 17.4. The highest BCUT2D eigenvalue weighted by Crippen LogP contribution is 2.34. The van der Waals surface area contributed by atoms with Crippen molar-refractivity contribution in [1.29, 1.82) is 0 Å². The first kappa shape index (κ1) is 16.4. The van der Waals surface area contributed by atoms with Crippen molar-refractivity contribution in [3.63, 3.8) is 0 Å². The Kier molecular flexibility index (Phi) is 4.39. The third kappa shape index (κ3) is 2.79. The lowest BCUT2D eigenvalue weighted by atomic mass is 10.1. The fourth-order valence-electron chi connectivity index (χ4n) is 4.00. The Morgan fingerprint density at radius 2 is 2.24 bits per heavy atom. The van der Waals surface area contributed by atoms with Crippen molar-refractivity contribution >= 4 is 16.9 Å². The molecule has 3 atom stereocenters. The number of carbonyl (C=O) groups excluding carboxylic acids is 1. The van der Waals surface area contributed by atoms with Crippen LogP contribution in [0, 0.1) is 0 Å². The normalized spacial score (nSPS) is 26.0. The van der Waals surface area contributed by atoms with Crippen LogP contribution in [0.4, 0.5) is 0 Å². The number of rotatable bonds is 4. The van der Waals surface area contributed by atoms with Gasteiger partial charge >= 0.3 is 0 Å². The van der Waals surface area contributed by atoms with Gasteiger partial charge in [0.1, 0.15) is 6.10 Å². The zero-order valence-electron chi connectivity index (χ0n) is 14.6. The number of benzene rings is 1. The predicted molar refractivity (Wildman–Crippen MR) is 92.0 cm³/mol. The van der Waals surface area contributed by atoms with Gasteiger partial charge in [-0.15, -0.1) is 0 Å². The van der Waals surface area contributed by atoms with Crippen molar-refractivity contribution in [2.45, 2.75) is 38.0 Å². The molecular formula is C19H23NO5. The molecule has 4 rings (SSSR count). The van der Waals surface area contributed by atoms with Crippen molar-refractivity contribution in [2.24, 2.45) is 0 Å². The number of morpholine rings is 1. The van der Waals surface area contributed by atoms with Crippen LogP contribution in [0.3, 0.4) is 0 Å². The van der Waals surface area contributed by atoms with Crippen molar-refractivity contribution in [2.75, 3.05) is 26.9 Å². The first-order chi connectivity index (χ1) is 12.2. The van der Waals surface area contributed by atoms with Crippen LogP contribution in [0.2, 0.25) is 0 Å². The summed E-state index contributed by atoms with van der Waals surface area (Å²) in [6.45, 7) is 3.75. The minimum absolute atomic E-state index is 0.0448. The van der Waals surface area contributed by atoms with Gasteiger partial charge in [-0.2, -0.15) is 0 Å². The van der Waals surface area contributed by atoms with Crippen molar-refractivity contribution in [1.82, 2.24) is 4.90 Å². The maximum absolute atomic E-state index is 13.1. The molecule has 1 aromatic heterocycles. The van der Waals surface area contributed by atoms with E-state index >= 15 is 0 Å². The zero-order valence-corrected chi connectivity index (χ0v) is 14.6. The van der Waals surface area contributed by atoms with Gasteiger partial charge in [0.15, 0.2) is 17.1 Å². The quantitative estimate of drug-likeness (QED) is 0.853. The van der Waals surface area contributed by atoms with Crippen molar-refractivity contribution in [3.05, 3.63) is 30.0 Å². The number of nitrogens with zero attached hydrogens (tertiary/aromatic N) is 1. The molecule has 6 heteroatoms. The van der Waals surface area contributed by atoms with Gasteiger partial charge in [-0.1, -0.05) is 12.1 Å². The fraction of sp³-hybridized carbons (Fsp3) is 0.526. The molecule has 25 heavy (non-hydrogen) atoms. The molecule has 1 aliphatic heterocycles. The number of ether oxygens (including phenoxy) is 3. The van der Waals surface area contributed by atoms with Gasteiger partial charge in [-0.3, -0.25) is 4.79 Å². The fourth-order valence-corrected chi connectivity index (χ4v) is 4.00. The van der Waals surface area contributed by atoms with Crippen molar-refractivity contribution < 1.29 is 23.4 Å². The lowest BCUT2D eigenvalue weighted by molar-refractivity contribution is -0.103. The molecule has 2 aromatic rings. The van der Waals surface area contributed by atoms with Crippen molar-refractivity contribution in [3.8, 4) is 5.75 Å². The third-order valence-electron chi connectivity index (χ3n) is 5.12. The van der Waals surface area contributed by atoms with Crippen LogP contribution in [0.15, 0.2) is 28.7 Å². The summed E-state index contributed by atoms with van der Waals surface area (Å²) in [4.78, 5) is 15.0. The summed E-state index contributed by atoms with van der Waals surface area (Å²) in [6.07, 6.45) is 1.84. The highest BCUT2D eigenvalue weighted by Gasteiger charge is 2.45. The number of para-hydroxylation sites is 1. The lowest BCUT2D eigenvalue weighted by Crippen LogP contribution is -2.53. The van der Waals surface area contributed by atoms with Crippen LogP contribution in [0.5, 0.6) is 5.75 Å². The monoisotopic (exact) mass is 345 g/mol. The summed E-state index contributed by atoms with van der Waals surface area (Å²) < 4.78 is 22.9. The summed E-state index contributed by atoms with van der Waals surface area (Å²) in [5.41, 5.74) is 0.608. The summed E-state index contributed by atoms with van der Waals surface area (Å²) in [5, 5.41) is 0.867. The molecule has 0 spiro atoms. The Hall–Kier alpha value is -2.05. The SMILES string of the molecule is CCO[C@H]1CC[C@H]2[C@@H]1OCCN2C(=O)c1cc2cccc(OC)c2o1. The van der Waals surface area contributed by atoms with Gasteiger partial charge < -0.3 is 23.5 Å². The Morgan fingerprint density at radius 3 is 3.04 bits per heavy atom. The van der Waals surface area contributed by atoms with E-state index in [9.17, 15) is 4.79 Å². The number of carbonyl (C=O) groups is 1. The molecule has 2 heterocycles. The van der Waals surface area contributed by atoms with E-state index in [1.165, 1.54) is 0 Å². The Labute approximate surface area is 146 Å². The number of amides is 1. The van der Waals surface area contributed by atoms with Crippen LogP contribution in [0.25, 0.3) is 11.0 Å². The number of fused-ring (bicyclic) bond motifs is 2. The lowest BCUT2D eigenvalue weighted by Gasteiger charge is -2.38. The molecule has 1 aliphatic carbocycles. The smallest absolute Gasteiger partial charge is 0.290 e. The molecule has 1 aromatic carbocycles. The van der Waals surface area contributed by atoms with E-state index in [-0.39, 0.29) is 24.2 Å². The van der Waals surface area contributed by atoms with Crippen LogP contribution in [0.1, 0.15) is 30.3 Å². The van der Waals surface area contributed by atoms with E-state index < -0.39 is 0 Å². The summed E-state index contributed by atoms with van der Waals surface area (Å²) in [5.74, 6) is 0.891. The average molecular weight is 345 g/mol. The first-order valence-corrected chi connectivity index (χ1v) is 8.83. The van der Waals surface area contributed by atoms with Crippen LogP contribution in [-0.2, 0) is 9.47 Å². The molecule has 0 bridgehead atoms. The van der Waals surface area contributed by atoms with E-state index in [0.29, 0.717) is 36.9 Å². The van der Waals surface area contributed by atoms with Gasteiger partial charge in [0.05, 0.1) is 25.9 Å². The molecule has 2 fully saturated rings. The number of methoxy groups -OCH3 is 1. The second kappa shape index (κ2) is 6.69. The molecule has 1 saturated carbocycles. The van der Waals surface area contributed by atoms with E-state index in [1.54, 1.807) is 13.2 Å². The molecule has 0 N–H and O–H groups in total. The summed E-state index contributed by atoms with van der Waals surface area (Å²) in [7, 11) is 1.59. The third-order valence-corrected chi connectivity index (χ3v) is 5.12. The largest absolute Gasteiger partial charge is 0.493 e. The predicted octanol–water partition coefficient (Wildman–Crippen LogP) is 2.85. The second-order valence-electron chi connectivity index (χ2n) is 6.46. The molecule has 0 unspecified atom stereocenters. The topological polar surface area (TPSA) is 61.1 Å². The molecule has 1 saturated heterocycles. The molecular weight excluding hydrogens is 322 g/mol. The number of furan rings is 1. The Balaban J connectivity index is 1.60. The molecule has 6 nitrogen and oxygen atoms in total. The molecule has 1 amide bonds. The average Bonchev–Trinajstić information content (AvgIpc) is 3.25. The van der Waals surface area contributed by atoms with Gasteiger partial charge in [0.25, 0.3) is 5.91 Å². The summed E-state index contributed by atoms with van der Waals surface area (Å²) >= 11 is 0. The maximum Gasteiger partial charge on any atom is 0.290 e. The van der Waals surface area contributed by atoms with Gasteiger partial charge in [-0.25, -0.2) is 0 Å². The Bertz CT molecular complexity index is 770. The maximum atomic E-state index is 13.1. The number of hydrogen-bond donors (Lipinski definition) is 0. The number of hydrogen-bond acceptors (Lipinski definition) is 5. The summed E-state index contributed by atoms with van der Waals surface area (Å²) in [6, 6.07) is 7.47. The van der Waals surface area contributed by atoms with Crippen LogP contribution in [-0.4, -0.2) is 55.9 Å². The minimum Gasteiger partial charge on any atom is -0.493 e. The molecule has 0 radical (unpaired) electrons. The van der Waals surface area contributed by atoms with Gasteiger partial charge in [0, 0.05) is 18.5 Å². The first-order valence-electron chi connectivity index (χ1n) is 8.83. The van der Waals surface area contributed by atoms with E-state index in [4.69, 9.17) is 18.6 Å². The highest BCUT2D eigenvalue weighted by atomic mass is 16.5. The van der Waals surface area contributed by atoms with E-state index in [1.807, 2.05) is 30.0 Å². The standard InChI is InChI=1S/C19H23NO5/c1-3-23-15-8-7-13-18(15)24-10-9-20(13)19(21)16-11-12-5-4-6-14(22-2)17(12)25-16/h4-6,11,13,15,18H,3,7-10H2,1-2H3/t13-,15-,18-/m0/s1.